The van der Waals surface area contributed by atoms with E-state index in [-0.39, 0.29) is 24.1 Å². The van der Waals surface area contributed by atoms with Crippen molar-refractivity contribution < 1.29 is 19.4 Å². The lowest BCUT2D eigenvalue weighted by Crippen LogP contribution is -2.44. The Balaban J connectivity index is 1.99. The third kappa shape index (κ3) is 1.94. The van der Waals surface area contributed by atoms with Gasteiger partial charge in [-0.3, -0.25) is 0 Å². The van der Waals surface area contributed by atoms with Crippen molar-refractivity contribution in [1.82, 2.24) is 0 Å². The number of aliphatic hydroxyl groups is 1. The van der Waals surface area contributed by atoms with Gasteiger partial charge in [-0.15, -0.1) is 0 Å². The SMILES string of the molecule is C=C1C(=O)O[C@H]2C[C@]3(C)O[C@H](C[C@H]12)C(C)=CC[C@H]3O. The summed E-state index contributed by atoms with van der Waals surface area (Å²) in [4.78, 5) is 11.7. The van der Waals surface area contributed by atoms with Crippen molar-refractivity contribution in [2.75, 3.05) is 0 Å². The van der Waals surface area contributed by atoms with E-state index in [0.717, 1.165) is 5.57 Å². The van der Waals surface area contributed by atoms with Gasteiger partial charge in [0.1, 0.15) is 6.10 Å². The van der Waals surface area contributed by atoms with Crippen LogP contribution in [-0.4, -0.2) is 35.0 Å². The van der Waals surface area contributed by atoms with Crippen molar-refractivity contribution in [3.8, 4) is 0 Å². The fraction of sp³-hybridized carbons (Fsp3) is 0.667. The minimum Gasteiger partial charge on any atom is -0.458 e. The van der Waals surface area contributed by atoms with Crippen LogP contribution in [-0.2, 0) is 14.3 Å². The lowest BCUT2D eigenvalue weighted by atomic mass is 9.83. The quantitative estimate of drug-likeness (QED) is 0.411. The van der Waals surface area contributed by atoms with Crippen molar-refractivity contribution in [3.05, 3.63) is 23.8 Å². The summed E-state index contributed by atoms with van der Waals surface area (Å²) in [6.07, 6.45) is 3.02. The van der Waals surface area contributed by atoms with Crippen LogP contribution in [0.4, 0.5) is 0 Å². The van der Waals surface area contributed by atoms with E-state index < -0.39 is 11.7 Å². The molecule has 0 amide bonds. The van der Waals surface area contributed by atoms with Gasteiger partial charge in [-0.1, -0.05) is 12.7 Å². The predicted octanol–water partition coefficient (Wildman–Crippen LogP) is 1.73. The lowest BCUT2D eigenvalue weighted by Gasteiger charge is -2.35. The molecule has 5 atom stereocenters. The molecule has 2 fully saturated rings. The maximum Gasteiger partial charge on any atom is 0.334 e. The zero-order valence-electron chi connectivity index (χ0n) is 11.4. The number of fused-ring (bicyclic) bond motifs is 3. The third-order valence-electron chi connectivity index (χ3n) is 4.78. The molecule has 0 aromatic rings. The molecule has 0 aromatic carbocycles. The Hall–Kier alpha value is -1.13. The molecule has 3 heterocycles. The van der Waals surface area contributed by atoms with E-state index in [4.69, 9.17) is 9.47 Å². The summed E-state index contributed by atoms with van der Waals surface area (Å²) in [5, 5.41) is 10.3. The van der Waals surface area contributed by atoms with E-state index in [1.807, 2.05) is 19.9 Å². The van der Waals surface area contributed by atoms with Crippen LogP contribution >= 0.6 is 0 Å². The minimum atomic E-state index is -0.663. The van der Waals surface area contributed by atoms with Gasteiger partial charge in [-0.25, -0.2) is 4.79 Å². The zero-order valence-corrected chi connectivity index (χ0v) is 11.4. The molecule has 3 rings (SSSR count). The number of esters is 1. The van der Waals surface area contributed by atoms with Crippen molar-refractivity contribution in [2.45, 2.75) is 57.0 Å². The molecule has 0 radical (unpaired) electrons. The van der Waals surface area contributed by atoms with E-state index >= 15 is 0 Å². The summed E-state index contributed by atoms with van der Waals surface area (Å²) in [6, 6.07) is 0. The highest BCUT2D eigenvalue weighted by atomic mass is 16.6. The first-order valence-corrected chi connectivity index (χ1v) is 6.83. The summed E-state index contributed by atoms with van der Waals surface area (Å²) in [5.74, 6) is -0.290. The number of hydrogen-bond donors (Lipinski definition) is 1. The van der Waals surface area contributed by atoms with E-state index in [2.05, 4.69) is 6.58 Å². The van der Waals surface area contributed by atoms with Crippen LogP contribution in [0.1, 0.15) is 33.1 Å². The van der Waals surface area contributed by atoms with Crippen molar-refractivity contribution in [3.63, 3.8) is 0 Å². The van der Waals surface area contributed by atoms with Gasteiger partial charge in [-0.05, 0) is 32.3 Å². The minimum absolute atomic E-state index is 0.00738. The number of rotatable bonds is 0. The average Bonchev–Trinajstić information content (AvgIpc) is 2.51. The molecule has 0 spiro atoms. The summed E-state index contributed by atoms with van der Waals surface area (Å²) in [6.45, 7) is 7.78. The highest BCUT2D eigenvalue weighted by Crippen LogP contribution is 2.44. The molecule has 2 bridgehead atoms. The molecule has 3 aliphatic rings. The number of carbonyl (C=O) groups excluding carboxylic acids is 1. The van der Waals surface area contributed by atoms with Gasteiger partial charge >= 0.3 is 5.97 Å². The molecule has 19 heavy (non-hydrogen) atoms. The molecule has 1 N–H and O–H groups in total. The Morgan fingerprint density at radius 3 is 3.00 bits per heavy atom. The van der Waals surface area contributed by atoms with Gasteiger partial charge in [0.05, 0.1) is 17.8 Å². The first-order chi connectivity index (χ1) is 8.90. The molecule has 0 aromatic heterocycles. The summed E-state index contributed by atoms with van der Waals surface area (Å²) < 4.78 is 11.6. The molecular weight excluding hydrogens is 244 g/mol. The Labute approximate surface area is 113 Å². The first-order valence-electron chi connectivity index (χ1n) is 6.83. The standard InChI is InChI=1S/C15H20O4/c1-8-4-5-13(16)15(3)7-12-10(6-11(8)19-15)9(2)14(17)18-12/h4,10-13,16H,2,5-7H2,1,3H3/t10-,11-,12+,13-,15+/m1/s1. The molecule has 3 aliphatic heterocycles. The van der Waals surface area contributed by atoms with Crippen molar-refractivity contribution >= 4 is 5.97 Å². The lowest BCUT2D eigenvalue weighted by molar-refractivity contribution is -0.151. The van der Waals surface area contributed by atoms with Gasteiger partial charge in [0.15, 0.2) is 0 Å². The number of hydrogen-bond acceptors (Lipinski definition) is 4. The topological polar surface area (TPSA) is 55.8 Å². The van der Waals surface area contributed by atoms with E-state index in [1.54, 1.807) is 0 Å². The summed E-state index contributed by atoms with van der Waals surface area (Å²) in [5.41, 5.74) is 1.00. The second-order valence-corrected chi connectivity index (χ2v) is 6.13. The highest BCUT2D eigenvalue weighted by Gasteiger charge is 2.51. The molecule has 4 heteroatoms. The average molecular weight is 264 g/mol. The zero-order chi connectivity index (χ0) is 13.8. The maximum atomic E-state index is 11.7. The fourth-order valence-corrected chi connectivity index (χ4v) is 3.37. The van der Waals surface area contributed by atoms with E-state index in [1.165, 1.54) is 0 Å². The summed E-state index contributed by atoms with van der Waals surface area (Å²) in [7, 11) is 0. The molecule has 0 unspecified atom stereocenters. The van der Waals surface area contributed by atoms with Gasteiger partial charge in [0.25, 0.3) is 0 Å². The van der Waals surface area contributed by atoms with Gasteiger partial charge in [-0.2, -0.15) is 0 Å². The molecule has 0 aliphatic carbocycles. The largest absolute Gasteiger partial charge is 0.458 e. The van der Waals surface area contributed by atoms with Crippen LogP contribution in [0, 0.1) is 5.92 Å². The van der Waals surface area contributed by atoms with Crippen molar-refractivity contribution in [1.29, 1.82) is 0 Å². The van der Waals surface area contributed by atoms with E-state index in [9.17, 15) is 9.90 Å². The van der Waals surface area contributed by atoms with Crippen LogP contribution in [0.15, 0.2) is 23.8 Å². The van der Waals surface area contributed by atoms with Crippen LogP contribution in [0.5, 0.6) is 0 Å². The second-order valence-electron chi connectivity index (χ2n) is 6.13. The Bertz CT molecular complexity index is 467. The predicted molar refractivity (Wildman–Crippen MR) is 69.4 cm³/mol. The number of ether oxygens (including phenoxy) is 2. The Morgan fingerprint density at radius 1 is 1.53 bits per heavy atom. The Morgan fingerprint density at radius 2 is 2.26 bits per heavy atom. The van der Waals surface area contributed by atoms with Crippen molar-refractivity contribution in [2.24, 2.45) is 5.92 Å². The first kappa shape index (κ1) is 12.9. The number of carbonyl (C=O) groups is 1. The van der Waals surface area contributed by atoms with Crippen LogP contribution in [0.3, 0.4) is 0 Å². The van der Waals surface area contributed by atoms with Crippen LogP contribution < -0.4 is 0 Å². The van der Waals surface area contributed by atoms with Gasteiger partial charge < -0.3 is 14.6 Å². The molecule has 104 valence electrons. The summed E-state index contributed by atoms with van der Waals surface area (Å²) >= 11 is 0. The third-order valence-corrected chi connectivity index (χ3v) is 4.78. The number of aliphatic hydroxyl groups excluding tert-OH is 1. The normalized spacial score (nSPS) is 45.9. The maximum absolute atomic E-state index is 11.7. The van der Waals surface area contributed by atoms with E-state index in [0.29, 0.717) is 24.8 Å². The molecular formula is C15H20O4. The van der Waals surface area contributed by atoms with Gasteiger partial charge in [0, 0.05) is 17.9 Å². The Kier molecular flexibility index (Phi) is 2.84. The smallest absolute Gasteiger partial charge is 0.334 e. The fourth-order valence-electron chi connectivity index (χ4n) is 3.37. The molecule has 4 nitrogen and oxygen atoms in total. The highest BCUT2D eigenvalue weighted by molar-refractivity contribution is 5.90. The second kappa shape index (κ2) is 4.18. The molecule has 0 saturated carbocycles. The molecule has 2 saturated heterocycles. The van der Waals surface area contributed by atoms with Crippen LogP contribution in [0.2, 0.25) is 0 Å². The monoisotopic (exact) mass is 264 g/mol. The van der Waals surface area contributed by atoms with Crippen LogP contribution in [0.25, 0.3) is 0 Å². The van der Waals surface area contributed by atoms with Gasteiger partial charge in [0.2, 0.25) is 0 Å².